The average molecular weight is 235 g/mol. The lowest BCUT2D eigenvalue weighted by Crippen LogP contribution is -2.59. The van der Waals surface area contributed by atoms with Crippen molar-refractivity contribution in [3.05, 3.63) is 0 Å². The topological polar surface area (TPSA) is 55.0 Å². The van der Waals surface area contributed by atoms with E-state index in [0.717, 1.165) is 26.2 Å². The van der Waals surface area contributed by atoms with E-state index in [2.05, 4.69) is 15.8 Å². The largest absolute Gasteiger partial charge is 0.516 e. The van der Waals surface area contributed by atoms with Crippen molar-refractivity contribution in [3.63, 3.8) is 0 Å². The van der Waals surface area contributed by atoms with Crippen molar-refractivity contribution in [1.29, 1.82) is 0 Å². The Morgan fingerprint density at radius 1 is 1.13 bits per heavy atom. The van der Waals surface area contributed by atoms with Crippen LogP contribution < -0.4 is 10.7 Å². The van der Waals surface area contributed by atoms with E-state index in [-0.39, 0.29) is 0 Å². The molecule has 1 aliphatic rings. The van der Waals surface area contributed by atoms with Gasteiger partial charge in [0.25, 0.3) is 0 Å². The van der Waals surface area contributed by atoms with Crippen LogP contribution >= 0.6 is 0 Å². The molecule has 6 nitrogen and oxygen atoms in total. The van der Waals surface area contributed by atoms with Gasteiger partial charge in [0.05, 0.1) is 6.17 Å². The molecule has 0 unspecified atom stereocenters. The monoisotopic (exact) mass is 235 g/mol. The molecule has 1 saturated heterocycles. The number of piperazine rings is 1. The molecule has 90 valence electrons. The Labute approximate surface area is 92.2 Å². The van der Waals surface area contributed by atoms with Gasteiger partial charge in [0.15, 0.2) is 0 Å². The summed E-state index contributed by atoms with van der Waals surface area (Å²) in [7, 11) is 2.40. The van der Waals surface area contributed by atoms with Gasteiger partial charge in [-0.15, -0.1) is 0 Å². The third-order valence-electron chi connectivity index (χ3n) is 2.57. The Hall–Kier alpha value is -0.0231. The number of hydrogen-bond acceptors (Lipinski definition) is 6. The van der Waals surface area contributed by atoms with Crippen LogP contribution in [0.4, 0.5) is 0 Å². The SMILES string of the molecule is CO[Si](CNN1CCNCC1)(OC)OC. The predicted octanol–water partition coefficient (Wildman–Crippen LogP) is -1.19. The minimum atomic E-state index is -2.47. The second kappa shape index (κ2) is 6.54. The number of hydrogen-bond donors (Lipinski definition) is 2. The molecule has 7 heteroatoms. The molecular weight excluding hydrogens is 214 g/mol. The molecule has 15 heavy (non-hydrogen) atoms. The van der Waals surface area contributed by atoms with Crippen molar-refractivity contribution in [2.24, 2.45) is 0 Å². The summed E-state index contributed by atoms with van der Waals surface area (Å²) in [6.07, 6.45) is 0.608. The summed E-state index contributed by atoms with van der Waals surface area (Å²) in [6, 6.07) is 0. The number of nitrogens with one attached hydrogen (secondary N) is 2. The van der Waals surface area contributed by atoms with Crippen molar-refractivity contribution in [3.8, 4) is 0 Å². The summed E-state index contributed by atoms with van der Waals surface area (Å²) >= 11 is 0. The second-order valence-electron chi connectivity index (χ2n) is 3.37. The Balaban J connectivity index is 2.31. The molecule has 0 aromatic rings. The minimum absolute atomic E-state index is 0.608. The lowest BCUT2D eigenvalue weighted by Gasteiger charge is -2.31. The van der Waals surface area contributed by atoms with Crippen LogP contribution in [0.3, 0.4) is 0 Å². The fraction of sp³-hybridized carbons (Fsp3) is 1.00. The van der Waals surface area contributed by atoms with Gasteiger partial charge in [-0.2, -0.15) is 0 Å². The summed E-state index contributed by atoms with van der Waals surface area (Å²) in [5.74, 6) is 0. The molecule has 2 N–H and O–H groups in total. The highest BCUT2D eigenvalue weighted by atomic mass is 28.4. The van der Waals surface area contributed by atoms with Gasteiger partial charge in [-0.1, -0.05) is 0 Å². The fourth-order valence-electron chi connectivity index (χ4n) is 1.50. The van der Waals surface area contributed by atoms with E-state index < -0.39 is 8.80 Å². The lowest BCUT2D eigenvalue weighted by molar-refractivity contribution is 0.1000. The van der Waals surface area contributed by atoms with E-state index in [1.807, 2.05) is 0 Å². The summed E-state index contributed by atoms with van der Waals surface area (Å²) < 4.78 is 16.0. The highest BCUT2D eigenvalue weighted by Crippen LogP contribution is 2.04. The van der Waals surface area contributed by atoms with Gasteiger partial charge in [-0.25, -0.2) is 5.01 Å². The van der Waals surface area contributed by atoms with Crippen molar-refractivity contribution >= 4 is 8.80 Å². The molecular formula is C8H21N3O3Si. The van der Waals surface area contributed by atoms with Crippen molar-refractivity contribution < 1.29 is 13.3 Å². The average Bonchev–Trinajstić information content (AvgIpc) is 2.33. The molecule has 0 bridgehead atoms. The molecule has 0 atom stereocenters. The van der Waals surface area contributed by atoms with Gasteiger partial charge in [0, 0.05) is 47.5 Å². The van der Waals surface area contributed by atoms with E-state index in [0.29, 0.717) is 6.17 Å². The van der Waals surface area contributed by atoms with Crippen LogP contribution in [0, 0.1) is 0 Å². The zero-order valence-corrected chi connectivity index (χ0v) is 10.7. The van der Waals surface area contributed by atoms with Crippen molar-refractivity contribution in [1.82, 2.24) is 15.8 Å². The Kier molecular flexibility index (Phi) is 5.68. The maximum absolute atomic E-state index is 5.32. The van der Waals surface area contributed by atoms with Crippen LogP contribution in [0.5, 0.6) is 0 Å². The number of rotatable bonds is 6. The molecule has 1 rings (SSSR count). The van der Waals surface area contributed by atoms with Crippen molar-refractivity contribution in [2.45, 2.75) is 0 Å². The molecule has 0 saturated carbocycles. The first-order valence-corrected chi connectivity index (χ1v) is 7.04. The quantitative estimate of drug-likeness (QED) is 0.565. The van der Waals surface area contributed by atoms with Gasteiger partial charge in [-0.05, 0) is 0 Å². The van der Waals surface area contributed by atoms with Crippen LogP contribution in [0.15, 0.2) is 0 Å². The standard InChI is InChI=1S/C8H21N3O3Si/c1-12-15(13-2,14-3)8-10-11-6-4-9-5-7-11/h9-10H,4-8H2,1-3H3. The molecule has 0 spiro atoms. The Morgan fingerprint density at radius 3 is 2.13 bits per heavy atom. The van der Waals surface area contributed by atoms with E-state index in [1.165, 1.54) is 0 Å². The first-order valence-electron chi connectivity index (χ1n) is 5.11. The molecule has 0 aliphatic carbocycles. The highest BCUT2D eigenvalue weighted by molar-refractivity contribution is 6.60. The van der Waals surface area contributed by atoms with Crippen LogP contribution in [-0.2, 0) is 13.3 Å². The fourth-order valence-corrected chi connectivity index (χ4v) is 2.85. The van der Waals surface area contributed by atoms with Gasteiger partial charge in [-0.3, -0.25) is 5.43 Å². The smallest absolute Gasteiger partial charge is 0.376 e. The lowest BCUT2D eigenvalue weighted by atomic mass is 10.4. The minimum Gasteiger partial charge on any atom is -0.376 e. The zero-order chi connectivity index (χ0) is 11.1. The molecule has 1 heterocycles. The highest BCUT2D eigenvalue weighted by Gasteiger charge is 2.38. The second-order valence-corrected chi connectivity index (χ2v) is 6.31. The van der Waals surface area contributed by atoms with Gasteiger partial charge in [0.2, 0.25) is 0 Å². The van der Waals surface area contributed by atoms with Crippen LogP contribution in [0.25, 0.3) is 0 Å². The van der Waals surface area contributed by atoms with Gasteiger partial charge in [0.1, 0.15) is 0 Å². The van der Waals surface area contributed by atoms with E-state index >= 15 is 0 Å². The maximum atomic E-state index is 5.32. The molecule has 1 aliphatic heterocycles. The Morgan fingerprint density at radius 2 is 1.67 bits per heavy atom. The van der Waals surface area contributed by atoms with E-state index in [4.69, 9.17) is 13.3 Å². The normalized spacial score (nSPS) is 19.4. The van der Waals surface area contributed by atoms with E-state index in [1.54, 1.807) is 21.3 Å². The first-order chi connectivity index (χ1) is 7.26. The van der Waals surface area contributed by atoms with Crippen LogP contribution in [0.2, 0.25) is 0 Å². The summed E-state index contributed by atoms with van der Waals surface area (Å²) in [4.78, 5) is 0. The molecule has 0 radical (unpaired) electrons. The van der Waals surface area contributed by atoms with Crippen LogP contribution in [-0.4, -0.2) is 67.5 Å². The van der Waals surface area contributed by atoms with Crippen molar-refractivity contribution in [2.75, 3.05) is 53.7 Å². The molecule has 0 aromatic carbocycles. The van der Waals surface area contributed by atoms with E-state index in [9.17, 15) is 0 Å². The third-order valence-corrected chi connectivity index (χ3v) is 5.03. The Bertz CT molecular complexity index is 166. The summed E-state index contributed by atoms with van der Waals surface area (Å²) in [6.45, 7) is 3.99. The number of nitrogens with zero attached hydrogens (tertiary/aromatic N) is 1. The summed E-state index contributed by atoms with van der Waals surface area (Å²) in [5.41, 5.74) is 3.30. The maximum Gasteiger partial charge on any atom is 0.516 e. The van der Waals surface area contributed by atoms with Gasteiger partial charge < -0.3 is 18.6 Å². The summed E-state index contributed by atoms with van der Waals surface area (Å²) in [5, 5.41) is 5.45. The third kappa shape index (κ3) is 3.80. The first kappa shape index (κ1) is 13.0. The van der Waals surface area contributed by atoms with Crippen LogP contribution in [0.1, 0.15) is 0 Å². The zero-order valence-electron chi connectivity index (χ0n) is 9.71. The predicted molar refractivity (Wildman–Crippen MR) is 59.2 cm³/mol. The molecule has 0 aromatic heterocycles. The van der Waals surface area contributed by atoms with Gasteiger partial charge >= 0.3 is 8.80 Å². The molecule has 0 amide bonds. The molecule has 1 fully saturated rings. The number of hydrazine groups is 1.